The predicted octanol–water partition coefficient (Wildman–Crippen LogP) is 4.04. The van der Waals surface area contributed by atoms with Crippen molar-refractivity contribution < 1.29 is 9.53 Å². The van der Waals surface area contributed by atoms with E-state index in [0.29, 0.717) is 6.61 Å². The molecule has 134 valence electrons. The van der Waals surface area contributed by atoms with Crippen LogP contribution >= 0.6 is 11.3 Å². The van der Waals surface area contributed by atoms with Gasteiger partial charge in [0.05, 0.1) is 15.6 Å². The van der Waals surface area contributed by atoms with Crippen molar-refractivity contribution in [2.75, 3.05) is 37.0 Å². The highest BCUT2D eigenvalue weighted by Crippen LogP contribution is 2.45. The fraction of sp³-hybridized carbons (Fsp3) is 0.579. The van der Waals surface area contributed by atoms with Crippen molar-refractivity contribution in [3.8, 4) is 0 Å². The Bertz CT molecular complexity index is 763. The third-order valence-electron chi connectivity index (χ3n) is 5.59. The van der Waals surface area contributed by atoms with Crippen LogP contribution in [0.5, 0.6) is 0 Å². The number of anilines is 2. The first kappa shape index (κ1) is 16.8. The number of thiazole rings is 1. The topological polar surface area (TPSA) is 54.5 Å². The Kier molecular flexibility index (Phi) is 4.65. The molecule has 0 radical (unpaired) electrons. The predicted molar refractivity (Wildman–Crippen MR) is 102 cm³/mol. The van der Waals surface area contributed by atoms with Crippen molar-refractivity contribution in [3.05, 3.63) is 18.2 Å². The number of ether oxygens (including phenoxy) is 1. The number of hydrogen-bond donors (Lipinski definition) is 1. The largest absolute Gasteiger partial charge is 0.385 e. The molecular weight excluding hydrogens is 334 g/mol. The molecule has 1 amide bonds. The normalized spacial score (nSPS) is 19.2. The molecule has 2 heterocycles. The second kappa shape index (κ2) is 6.92. The second-order valence-electron chi connectivity index (χ2n) is 7.20. The third-order valence-corrected chi connectivity index (χ3v) is 6.67. The summed E-state index contributed by atoms with van der Waals surface area (Å²) >= 11 is 1.72. The smallest absolute Gasteiger partial charge is 0.230 e. The lowest BCUT2D eigenvalue weighted by molar-refractivity contribution is -0.131. The summed E-state index contributed by atoms with van der Waals surface area (Å²) in [6.45, 7) is 2.84. The van der Waals surface area contributed by atoms with Gasteiger partial charge in [0.25, 0.3) is 0 Å². The fourth-order valence-corrected chi connectivity index (χ4v) is 4.85. The fourth-order valence-electron chi connectivity index (χ4n) is 3.79. The van der Waals surface area contributed by atoms with Crippen LogP contribution in [0.3, 0.4) is 0 Å². The monoisotopic (exact) mass is 359 g/mol. The van der Waals surface area contributed by atoms with Crippen LogP contribution < -0.4 is 10.2 Å². The SMILES string of the molecule is COCCC1(C(=O)Nc2ccc3nc(N4CCCC4)sc3c2)CCC1. The Labute approximate surface area is 152 Å². The van der Waals surface area contributed by atoms with Gasteiger partial charge in [0.1, 0.15) is 0 Å². The first-order valence-corrected chi connectivity index (χ1v) is 9.98. The molecule has 2 aromatic rings. The Hall–Kier alpha value is -1.66. The van der Waals surface area contributed by atoms with E-state index in [1.165, 1.54) is 12.8 Å². The Morgan fingerprint density at radius 3 is 2.80 bits per heavy atom. The number of nitrogens with zero attached hydrogens (tertiary/aromatic N) is 2. The van der Waals surface area contributed by atoms with Crippen LogP contribution in [0.1, 0.15) is 38.5 Å². The van der Waals surface area contributed by atoms with Crippen molar-refractivity contribution in [2.24, 2.45) is 5.41 Å². The number of aromatic nitrogens is 1. The quantitative estimate of drug-likeness (QED) is 0.846. The minimum atomic E-state index is -0.237. The number of nitrogens with one attached hydrogen (secondary N) is 1. The van der Waals surface area contributed by atoms with Crippen molar-refractivity contribution >= 4 is 38.3 Å². The average Bonchev–Trinajstić information content (AvgIpc) is 3.22. The molecule has 2 aliphatic rings. The number of rotatable bonds is 6. The van der Waals surface area contributed by atoms with Crippen LogP contribution in [0.15, 0.2) is 18.2 Å². The molecule has 25 heavy (non-hydrogen) atoms. The van der Waals surface area contributed by atoms with Gasteiger partial charge in [-0.15, -0.1) is 0 Å². The Balaban J connectivity index is 1.50. The highest BCUT2D eigenvalue weighted by atomic mass is 32.1. The molecule has 1 aliphatic carbocycles. The molecule has 1 saturated carbocycles. The molecule has 0 spiro atoms. The van der Waals surface area contributed by atoms with Gasteiger partial charge in [-0.3, -0.25) is 4.79 Å². The standard InChI is InChI=1S/C19H25N3O2S/c1-24-12-9-19(7-4-8-19)17(23)20-14-5-6-15-16(13-14)25-18(21-15)22-10-2-3-11-22/h5-6,13H,2-4,7-12H2,1H3,(H,20,23). The maximum Gasteiger partial charge on any atom is 0.230 e. The van der Waals surface area contributed by atoms with Gasteiger partial charge in [0.2, 0.25) is 5.91 Å². The zero-order chi connectivity index (χ0) is 17.3. The van der Waals surface area contributed by atoms with Crippen LogP contribution in [-0.4, -0.2) is 37.7 Å². The van der Waals surface area contributed by atoms with Crippen molar-refractivity contribution in [1.29, 1.82) is 0 Å². The molecule has 0 atom stereocenters. The number of fused-ring (bicyclic) bond motifs is 1. The first-order valence-electron chi connectivity index (χ1n) is 9.16. The van der Waals surface area contributed by atoms with Gasteiger partial charge < -0.3 is 15.0 Å². The van der Waals surface area contributed by atoms with E-state index in [1.807, 2.05) is 12.1 Å². The minimum Gasteiger partial charge on any atom is -0.385 e. The molecule has 1 aromatic carbocycles. The van der Waals surface area contributed by atoms with Crippen LogP contribution in [0.25, 0.3) is 10.2 Å². The van der Waals surface area contributed by atoms with Crippen molar-refractivity contribution in [3.63, 3.8) is 0 Å². The summed E-state index contributed by atoms with van der Waals surface area (Å²) in [5.41, 5.74) is 1.65. The molecule has 1 aliphatic heterocycles. The summed E-state index contributed by atoms with van der Waals surface area (Å²) in [6.07, 6.45) is 6.36. The molecule has 0 unspecified atom stereocenters. The van der Waals surface area contributed by atoms with E-state index in [4.69, 9.17) is 9.72 Å². The maximum atomic E-state index is 12.8. The zero-order valence-electron chi connectivity index (χ0n) is 14.7. The van der Waals surface area contributed by atoms with Gasteiger partial charge in [0.15, 0.2) is 5.13 Å². The summed E-state index contributed by atoms with van der Waals surface area (Å²) in [4.78, 5) is 19.9. The van der Waals surface area contributed by atoms with Gasteiger partial charge in [0, 0.05) is 32.5 Å². The molecule has 5 nitrogen and oxygen atoms in total. The second-order valence-corrected chi connectivity index (χ2v) is 8.21. The Morgan fingerprint density at radius 1 is 1.32 bits per heavy atom. The number of amides is 1. The number of methoxy groups -OCH3 is 1. The average molecular weight is 359 g/mol. The van der Waals surface area contributed by atoms with Crippen LogP contribution in [0, 0.1) is 5.41 Å². The van der Waals surface area contributed by atoms with E-state index in [2.05, 4.69) is 16.3 Å². The van der Waals surface area contributed by atoms with E-state index >= 15 is 0 Å². The zero-order valence-corrected chi connectivity index (χ0v) is 15.5. The lowest BCUT2D eigenvalue weighted by atomic mass is 9.66. The maximum absolute atomic E-state index is 12.8. The molecule has 2 fully saturated rings. The highest BCUT2D eigenvalue weighted by Gasteiger charge is 2.43. The number of carbonyl (C=O) groups excluding carboxylic acids is 1. The van der Waals surface area contributed by atoms with Crippen LogP contribution in [0.4, 0.5) is 10.8 Å². The van der Waals surface area contributed by atoms with Gasteiger partial charge in [-0.2, -0.15) is 0 Å². The number of hydrogen-bond acceptors (Lipinski definition) is 5. The summed E-state index contributed by atoms with van der Waals surface area (Å²) in [6, 6.07) is 6.05. The van der Waals surface area contributed by atoms with Gasteiger partial charge in [-0.05, 0) is 50.3 Å². The number of benzene rings is 1. The van der Waals surface area contributed by atoms with E-state index in [1.54, 1.807) is 18.4 Å². The lowest BCUT2D eigenvalue weighted by Crippen LogP contribution is -2.42. The highest BCUT2D eigenvalue weighted by molar-refractivity contribution is 7.22. The summed E-state index contributed by atoms with van der Waals surface area (Å²) in [7, 11) is 1.69. The first-order chi connectivity index (χ1) is 12.2. The van der Waals surface area contributed by atoms with Crippen molar-refractivity contribution in [2.45, 2.75) is 38.5 Å². The molecule has 1 N–H and O–H groups in total. The van der Waals surface area contributed by atoms with Crippen LogP contribution in [0.2, 0.25) is 0 Å². The summed E-state index contributed by atoms with van der Waals surface area (Å²) in [5, 5.41) is 4.24. The molecule has 1 saturated heterocycles. The lowest BCUT2D eigenvalue weighted by Gasteiger charge is -2.40. The van der Waals surface area contributed by atoms with Crippen molar-refractivity contribution in [1.82, 2.24) is 4.98 Å². The molecule has 6 heteroatoms. The number of carbonyl (C=O) groups is 1. The minimum absolute atomic E-state index is 0.138. The van der Waals surface area contributed by atoms with E-state index in [0.717, 1.165) is 59.8 Å². The van der Waals surface area contributed by atoms with E-state index in [-0.39, 0.29) is 11.3 Å². The summed E-state index contributed by atoms with van der Waals surface area (Å²) in [5.74, 6) is 0.138. The van der Waals surface area contributed by atoms with E-state index < -0.39 is 0 Å². The molecule has 4 rings (SSSR count). The molecular formula is C19H25N3O2S. The third kappa shape index (κ3) is 3.25. The van der Waals surface area contributed by atoms with Gasteiger partial charge >= 0.3 is 0 Å². The Morgan fingerprint density at radius 2 is 2.12 bits per heavy atom. The van der Waals surface area contributed by atoms with E-state index in [9.17, 15) is 4.79 Å². The van der Waals surface area contributed by atoms with Gasteiger partial charge in [-0.25, -0.2) is 4.98 Å². The van der Waals surface area contributed by atoms with Crippen LogP contribution in [-0.2, 0) is 9.53 Å². The van der Waals surface area contributed by atoms with Gasteiger partial charge in [-0.1, -0.05) is 17.8 Å². The molecule has 1 aromatic heterocycles. The summed E-state index contributed by atoms with van der Waals surface area (Å²) < 4.78 is 6.33. The molecule has 0 bridgehead atoms.